The fraction of sp³-hybridized carbons (Fsp3) is 0.552. The molecule has 1 saturated carbocycles. The summed E-state index contributed by atoms with van der Waals surface area (Å²) < 4.78 is 0. The summed E-state index contributed by atoms with van der Waals surface area (Å²) in [6.07, 6.45) is 9.57. The van der Waals surface area contributed by atoms with Crippen LogP contribution in [0.15, 0.2) is 42.5 Å². The standard InChI is InChI=1S/C29H40NOP/c1-21-7-10-27(20-32-3)29(17-21)30-15-13-23(14-16-30)8-9-24-5-4-6-26(19-24)28(18-22(2)31)25-11-12-25/h4-7,10,17,19,23,25,28,32H,8-9,11-16,18,20H2,1-3H3. The number of aryl methyl sites for hydroxylation is 2. The summed E-state index contributed by atoms with van der Waals surface area (Å²) in [5.74, 6) is 2.34. The van der Waals surface area contributed by atoms with E-state index in [1.807, 2.05) is 0 Å². The molecule has 0 N–H and O–H groups in total. The lowest BCUT2D eigenvalue weighted by atomic mass is 9.86. The Bertz CT molecular complexity index is 911. The molecule has 2 nitrogen and oxygen atoms in total. The molecule has 2 fully saturated rings. The van der Waals surface area contributed by atoms with Crippen LogP contribution in [-0.4, -0.2) is 25.5 Å². The molecule has 3 heteroatoms. The topological polar surface area (TPSA) is 20.3 Å². The van der Waals surface area contributed by atoms with Crippen molar-refractivity contribution in [3.05, 3.63) is 64.7 Å². The Morgan fingerprint density at radius 3 is 2.56 bits per heavy atom. The van der Waals surface area contributed by atoms with E-state index in [0.29, 0.717) is 18.1 Å². The Labute approximate surface area is 197 Å². The highest BCUT2D eigenvalue weighted by atomic mass is 31.1. The van der Waals surface area contributed by atoms with E-state index in [2.05, 4.69) is 61.0 Å². The van der Waals surface area contributed by atoms with Crippen LogP contribution in [0.1, 0.15) is 73.6 Å². The lowest BCUT2D eigenvalue weighted by molar-refractivity contribution is -0.117. The second-order valence-corrected chi connectivity index (χ2v) is 11.3. The summed E-state index contributed by atoms with van der Waals surface area (Å²) in [6.45, 7) is 8.64. The normalized spacial score (nSPS) is 18.4. The van der Waals surface area contributed by atoms with Crippen molar-refractivity contribution in [1.82, 2.24) is 0 Å². The maximum Gasteiger partial charge on any atom is 0.130 e. The Balaban J connectivity index is 1.32. The molecule has 0 amide bonds. The van der Waals surface area contributed by atoms with Gasteiger partial charge in [0.15, 0.2) is 0 Å². The van der Waals surface area contributed by atoms with Gasteiger partial charge in [0.25, 0.3) is 0 Å². The first-order valence-corrected chi connectivity index (χ1v) is 14.3. The number of hydrogen-bond donors (Lipinski definition) is 0. The summed E-state index contributed by atoms with van der Waals surface area (Å²) in [7, 11) is 0.973. The van der Waals surface area contributed by atoms with Crippen molar-refractivity contribution < 1.29 is 4.79 Å². The molecule has 4 rings (SSSR count). The number of rotatable bonds is 10. The number of hydrogen-bond acceptors (Lipinski definition) is 2. The van der Waals surface area contributed by atoms with E-state index in [-0.39, 0.29) is 0 Å². The highest BCUT2D eigenvalue weighted by Gasteiger charge is 2.33. The largest absolute Gasteiger partial charge is 0.371 e. The highest BCUT2D eigenvalue weighted by Crippen LogP contribution is 2.44. The first-order chi connectivity index (χ1) is 15.5. The smallest absolute Gasteiger partial charge is 0.130 e. The van der Waals surface area contributed by atoms with Gasteiger partial charge in [-0.2, -0.15) is 0 Å². The molecule has 0 spiro atoms. The Morgan fingerprint density at radius 1 is 1.09 bits per heavy atom. The van der Waals surface area contributed by atoms with Gasteiger partial charge in [0.1, 0.15) is 5.78 Å². The van der Waals surface area contributed by atoms with Crippen LogP contribution in [0, 0.1) is 18.8 Å². The third-order valence-corrected chi connectivity index (χ3v) is 8.22. The average Bonchev–Trinajstić information content (AvgIpc) is 3.63. The quantitative estimate of drug-likeness (QED) is 0.360. The fourth-order valence-corrected chi connectivity index (χ4v) is 6.17. The number of benzene rings is 2. The number of ketones is 1. The van der Waals surface area contributed by atoms with Gasteiger partial charge in [-0.3, -0.25) is 0 Å². The molecule has 2 atom stereocenters. The third-order valence-electron chi connectivity index (χ3n) is 7.48. The minimum Gasteiger partial charge on any atom is -0.371 e. The zero-order valence-corrected chi connectivity index (χ0v) is 21.2. The fourth-order valence-electron chi connectivity index (χ4n) is 5.49. The van der Waals surface area contributed by atoms with Crippen molar-refractivity contribution in [2.45, 2.75) is 70.9 Å². The van der Waals surface area contributed by atoms with Crippen LogP contribution in [0.25, 0.3) is 0 Å². The van der Waals surface area contributed by atoms with Gasteiger partial charge < -0.3 is 9.69 Å². The maximum absolute atomic E-state index is 11.8. The molecule has 32 heavy (non-hydrogen) atoms. The van der Waals surface area contributed by atoms with Crippen LogP contribution in [-0.2, 0) is 17.4 Å². The first-order valence-electron chi connectivity index (χ1n) is 12.6. The van der Waals surface area contributed by atoms with Crippen LogP contribution in [0.4, 0.5) is 5.69 Å². The van der Waals surface area contributed by atoms with Crippen LogP contribution < -0.4 is 4.90 Å². The summed E-state index contributed by atoms with van der Waals surface area (Å²) in [5.41, 5.74) is 7.26. The van der Waals surface area contributed by atoms with Gasteiger partial charge in [-0.25, -0.2) is 0 Å². The average molecular weight is 450 g/mol. The molecule has 1 aliphatic carbocycles. The van der Waals surface area contributed by atoms with E-state index in [1.165, 1.54) is 85.7 Å². The first kappa shape index (κ1) is 23.5. The lowest BCUT2D eigenvalue weighted by Gasteiger charge is -2.35. The van der Waals surface area contributed by atoms with Gasteiger partial charge in [0.05, 0.1) is 0 Å². The van der Waals surface area contributed by atoms with E-state index in [9.17, 15) is 4.79 Å². The van der Waals surface area contributed by atoms with Gasteiger partial charge >= 0.3 is 0 Å². The van der Waals surface area contributed by atoms with Crippen molar-refractivity contribution in [1.29, 1.82) is 0 Å². The molecule has 1 aliphatic heterocycles. The van der Waals surface area contributed by atoms with Gasteiger partial charge in [0.2, 0.25) is 0 Å². The van der Waals surface area contributed by atoms with Crippen LogP contribution >= 0.6 is 8.58 Å². The van der Waals surface area contributed by atoms with Crippen molar-refractivity contribution in [2.75, 3.05) is 24.7 Å². The van der Waals surface area contributed by atoms with Crippen LogP contribution in [0.2, 0.25) is 0 Å². The minimum atomic E-state index is 0.329. The number of carbonyl (C=O) groups is 1. The van der Waals surface area contributed by atoms with Gasteiger partial charge in [-0.05, 0) is 111 Å². The number of Topliss-reactive ketones (excluding diaryl/α,β-unsaturated/α-hetero) is 1. The van der Waals surface area contributed by atoms with E-state index < -0.39 is 0 Å². The van der Waals surface area contributed by atoms with E-state index in [0.717, 1.165) is 20.4 Å². The van der Waals surface area contributed by atoms with Crippen molar-refractivity contribution >= 4 is 20.1 Å². The van der Waals surface area contributed by atoms with Crippen LogP contribution in [0.3, 0.4) is 0 Å². The van der Waals surface area contributed by atoms with E-state index in [4.69, 9.17) is 0 Å². The zero-order valence-electron chi connectivity index (χ0n) is 20.2. The second-order valence-electron chi connectivity index (χ2n) is 10.2. The molecule has 1 saturated heterocycles. The number of anilines is 1. The monoisotopic (exact) mass is 449 g/mol. The molecule has 0 radical (unpaired) electrons. The number of carbonyl (C=O) groups excluding carboxylic acids is 1. The molecular formula is C29H40NOP. The van der Waals surface area contributed by atoms with Crippen molar-refractivity contribution in [3.63, 3.8) is 0 Å². The Kier molecular flexibility index (Phi) is 8.06. The molecule has 0 bridgehead atoms. The SMILES string of the molecule is CPCc1ccc(C)cc1N1CCC(CCc2cccc(C(CC(C)=O)C3CC3)c2)CC1. The molecule has 0 aromatic heterocycles. The number of piperidine rings is 1. The zero-order chi connectivity index (χ0) is 22.5. The van der Waals surface area contributed by atoms with Crippen molar-refractivity contribution in [3.8, 4) is 0 Å². The molecule has 2 aromatic carbocycles. The van der Waals surface area contributed by atoms with Crippen molar-refractivity contribution in [2.24, 2.45) is 11.8 Å². The molecule has 2 aliphatic rings. The lowest BCUT2D eigenvalue weighted by Crippen LogP contribution is -2.34. The summed E-state index contributed by atoms with van der Waals surface area (Å²) in [5, 5.41) is 0. The van der Waals surface area contributed by atoms with E-state index >= 15 is 0 Å². The molecule has 172 valence electrons. The highest BCUT2D eigenvalue weighted by molar-refractivity contribution is 7.36. The van der Waals surface area contributed by atoms with Gasteiger partial charge in [-0.15, -0.1) is 8.58 Å². The van der Waals surface area contributed by atoms with Gasteiger partial charge in [-0.1, -0.05) is 36.4 Å². The third kappa shape index (κ3) is 6.22. The molecular weight excluding hydrogens is 409 g/mol. The number of nitrogens with zero attached hydrogens (tertiary/aromatic N) is 1. The summed E-state index contributed by atoms with van der Waals surface area (Å²) >= 11 is 0. The summed E-state index contributed by atoms with van der Waals surface area (Å²) in [4.78, 5) is 14.4. The Hall–Kier alpha value is -1.66. The molecule has 2 unspecified atom stereocenters. The minimum absolute atomic E-state index is 0.329. The van der Waals surface area contributed by atoms with Gasteiger partial charge in [0, 0.05) is 25.2 Å². The molecule has 2 aromatic rings. The molecule has 1 heterocycles. The summed E-state index contributed by atoms with van der Waals surface area (Å²) in [6, 6.07) is 16.2. The second kappa shape index (κ2) is 11.0. The predicted octanol–water partition coefficient (Wildman–Crippen LogP) is 7.13. The Morgan fingerprint density at radius 2 is 1.88 bits per heavy atom. The predicted molar refractivity (Wildman–Crippen MR) is 140 cm³/mol. The van der Waals surface area contributed by atoms with Crippen LogP contribution in [0.5, 0.6) is 0 Å². The van der Waals surface area contributed by atoms with E-state index in [1.54, 1.807) is 6.92 Å². The maximum atomic E-state index is 11.8.